The molecule has 1 aromatic carbocycles. The van der Waals surface area contributed by atoms with E-state index in [0.29, 0.717) is 5.75 Å². The molecule has 1 aliphatic heterocycles. The van der Waals surface area contributed by atoms with Gasteiger partial charge in [0.25, 0.3) is 0 Å². The maximum Gasteiger partial charge on any atom is 0.311 e. The monoisotopic (exact) mass is 288 g/mol. The predicted molar refractivity (Wildman–Crippen MR) is 72.9 cm³/mol. The van der Waals surface area contributed by atoms with Gasteiger partial charge in [0.15, 0.2) is 5.75 Å². The van der Waals surface area contributed by atoms with E-state index in [0.717, 1.165) is 25.9 Å². The Bertz CT molecular complexity index is 436. The van der Waals surface area contributed by atoms with E-state index in [-0.39, 0.29) is 23.8 Å². The molecule has 0 bridgehead atoms. The lowest BCUT2D eigenvalue weighted by Crippen LogP contribution is -2.32. The van der Waals surface area contributed by atoms with Gasteiger partial charge < -0.3 is 9.57 Å². The Morgan fingerprint density at radius 3 is 2.53 bits per heavy atom. The lowest BCUT2D eigenvalue weighted by molar-refractivity contribution is -0.385. The minimum Gasteiger partial charge on any atom is -0.490 e. The van der Waals surface area contributed by atoms with Crippen molar-refractivity contribution in [3.05, 3.63) is 28.3 Å². The van der Waals surface area contributed by atoms with Gasteiger partial charge >= 0.3 is 5.69 Å². The largest absolute Gasteiger partial charge is 0.490 e. The Morgan fingerprint density at radius 1 is 1.26 bits per heavy atom. The third-order valence-electron chi connectivity index (χ3n) is 2.90. The van der Waals surface area contributed by atoms with Gasteiger partial charge in [0.2, 0.25) is 5.75 Å². The van der Waals surface area contributed by atoms with Crippen molar-refractivity contribution < 1.29 is 14.5 Å². The topological polar surface area (TPSA) is 64.8 Å². The Balaban J connectivity index is 0.00000180. The number of benzene rings is 1. The van der Waals surface area contributed by atoms with E-state index in [4.69, 9.17) is 9.57 Å². The number of hydroxylamine groups is 2. The normalized spacial score (nSPS) is 15.4. The SMILES string of the molecule is COc1cc(ON2CCCCC2)ccc1[N+](=O)[O-].Cl. The lowest BCUT2D eigenvalue weighted by Gasteiger charge is -2.26. The maximum atomic E-state index is 10.8. The van der Waals surface area contributed by atoms with Crippen LogP contribution in [0.2, 0.25) is 0 Å². The molecule has 0 aromatic heterocycles. The summed E-state index contributed by atoms with van der Waals surface area (Å²) in [6, 6.07) is 4.54. The molecular formula is C12H17ClN2O4. The van der Waals surface area contributed by atoms with Crippen molar-refractivity contribution in [2.75, 3.05) is 20.2 Å². The van der Waals surface area contributed by atoms with E-state index in [1.165, 1.54) is 19.6 Å². The van der Waals surface area contributed by atoms with Crippen LogP contribution in [0.15, 0.2) is 18.2 Å². The molecule has 0 saturated carbocycles. The van der Waals surface area contributed by atoms with E-state index in [2.05, 4.69) is 0 Å². The smallest absolute Gasteiger partial charge is 0.311 e. The highest BCUT2D eigenvalue weighted by atomic mass is 35.5. The van der Waals surface area contributed by atoms with E-state index in [1.807, 2.05) is 5.06 Å². The molecule has 1 heterocycles. The summed E-state index contributed by atoms with van der Waals surface area (Å²) in [5.41, 5.74) is -0.0523. The predicted octanol–water partition coefficient (Wildman–Crippen LogP) is 2.80. The number of ether oxygens (including phenoxy) is 1. The van der Waals surface area contributed by atoms with Crippen molar-refractivity contribution in [1.29, 1.82) is 0 Å². The molecule has 1 saturated heterocycles. The second-order valence-electron chi connectivity index (χ2n) is 4.17. The summed E-state index contributed by atoms with van der Waals surface area (Å²) >= 11 is 0. The van der Waals surface area contributed by atoms with Crippen LogP contribution in [0.4, 0.5) is 5.69 Å². The molecule has 7 heteroatoms. The number of piperidine rings is 1. The van der Waals surface area contributed by atoms with Crippen LogP contribution in [-0.4, -0.2) is 30.2 Å². The molecule has 0 radical (unpaired) electrons. The summed E-state index contributed by atoms with van der Waals surface area (Å²) < 4.78 is 5.00. The molecular weight excluding hydrogens is 272 g/mol. The van der Waals surface area contributed by atoms with Gasteiger partial charge in [-0.1, -0.05) is 6.42 Å². The van der Waals surface area contributed by atoms with Gasteiger partial charge in [-0.05, 0) is 18.9 Å². The number of rotatable bonds is 4. The minimum atomic E-state index is -0.469. The molecule has 19 heavy (non-hydrogen) atoms. The summed E-state index contributed by atoms with van der Waals surface area (Å²) in [5.74, 6) is 0.786. The van der Waals surface area contributed by atoms with Crippen LogP contribution in [0.1, 0.15) is 19.3 Å². The first-order valence-corrected chi connectivity index (χ1v) is 5.96. The second kappa shape index (κ2) is 7.16. The average molecular weight is 289 g/mol. The van der Waals surface area contributed by atoms with Crippen molar-refractivity contribution in [2.24, 2.45) is 0 Å². The van der Waals surface area contributed by atoms with Gasteiger partial charge in [-0.2, -0.15) is 0 Å². The van der Waals surface area contributed by atoms with Gasteiger partial charge in [-0.25, -0.2) is 0 Å². The van der Waals surface area contributed by atoms with E-state index < -0.39 is 4.92 Å². The zero-order valence-electron chi connectivity index (χ0n) is 10.7. The Hall–Kier alpha value is -1.53. The van der Waals surface area contributed by atoms with Crippen molar-refractivity contribution >= 4 is 18.1 Å². The average Bonchev–Trinajstić information content (AvgIpc) is 2.39. The molecule has 0 spiro atoms. The van der Waals surface area contributed by atoms with Crippen molar-refractivity contribution in [3.8, 4) is 11.5 Å². The van der Waals surface area contributed by atoms with E-state index >= 15 is 0 Å². The molecule has 1 fully saturated rings. The Morgan fingerprint density at radius 2 is 1.95 bits per heavy atom. The Labute approximate surface area is 117 Å². The van der Waals surface area contributed by atoms with Gasteiger partial charge in [-0.3, -0.25) is 10.1 Å². The molecule has 0 N–H and O–H groups in total. The number of nitro benzene ring substituents is 1. The van der Waals surface area contributed by atoms with Gasteiger partial charge in [0, 0.05) is 25.2 Å². The van der Waals surface area contributed by atoms with Crippen LogP contribution in [0, 0.1) is 10.1 Å². The number of halogens is 1. The standard InChI is InChI=1S/C12H16N2O4.ClH/c1-17-12-9-10(5-6-11(12)14(15)16)18-13-7-3-2-4-8-13;/h5-6,9H,2-4,7-8H2,1H3;1H. The fraction of sp³-hybridized carbons (Fsp3) is 0.500. The van der Waals surface area contributed by atoms with Crippen LogP contribution in [0.25, 0.3) is 0 Å². The molecule has 0 amide bonds. The lowest BCUT2D eigenvalue weighted by atomic mass is 10.2. The highest BCUT2D eigenvalue weighted by Crippen LogP contribution is 2.31. The molecule has 0 aliphatic carbocycles. The highest BCUT2D eigenvalue weighted by molar-refractivity contribution is 5.85. The van der Waals surface area contributed by atoms with Crippen molar-refractivity contribution in [1.82, 2.24) is 5.06 Å². The summed E-state index contributed by atoms with van der Waals surface area (Å²) in [4.78, 5) is 16.0. The first kappa shape index (κ1) is 15.5. The van der Waals surface area contributed by atoms with E-state index in [1.54, 1.807) is 12.1 Å². The number of hydrogen-bond acceptors (Lipinski definition) is 5. The highest BCUT2D eigenvalue weighted by Gasteiger charge is 2.17. The van der Waals surface area contributed by atoms with Crippen LogP contribution < -0.4 is 9.57 Å². The molecule has 6 nitrogen and oxygen atoms in total. The number of nitro groups is 1. The molecule has 2 rings (SSSR count). The van der Waals surface area contributed by atoms with Crippen LogP contribution >= 0.6 is 12.4 Å². The molecule has 106 valence electrons. The number of nitrogens with zero attached hydrogens (tertiary/aromatic N) is 2. The fourth-order valence-corrected chi connectivity index (χ4v) is 1.97. The first-order valence-electron chi connectivity index (χ1n) is 5.96. The number of methoxy groups -OCH3 is 1. The fourth-order valence-electron chi connectivity index (χ4n) is 1.97. The van der Waals surface area contributed by atoms with E-state index in [9.17, 15) is 10.1 Å². The van der Waals surface area contributed by atoms with Crippen LogP contribution in [0.3, 0.4) is 0 Å². The first-order chi connectivity index (χ1) is 8.70. The van der Waals surface area contributed by atoms with Crippen molar-refractivity contribution in [2.45, 2.75) is 19.3 Å². The van der Waals surface area contributed by atoms with Crippen LogP contribution in [-0.2, 0) is 0 Å². The maximum absolute atomic E-state index is 10.8. The zero-order valence-corrected chi connectivity index (χ0v) is 11.5. The van der Waals surface area contributed by atoms with Crippen LogP contribution in [0.5, 0.6) is 11.5 Å². The quantitative estimate of drug-likeness (QED) is 0.629. The summed E-state index contributed by atoms with van der Waals surface area (Å²) in [7, 11) is 1.41. The third-order valence-corrected chi connectivity index (χ3v) is 2.90. The zero-order chi connectivity index (χ0) is 13.0. The molecule has 0 unspecified atom stereocenters. The van der Waals surface area contributed by atoms with Gasteiger partial charge in [0.05, 0.1) is 12.0 Å². The summed E-state index contributed by atoms with van der Waals surface area (Å²) in [6.45, 7) is 1.78. The molecule has 1 aromatic rings. The third kappa shape index (κ3) is 3.97. The minimum absolute atomic E-state index is 0. The number of hydrogen-bond donors (Lipinski definition) is 0. The molecule has 0 atom stereocenters. The molecule has 1 aliphatic rings. The summed E-state index contributed by atoms with van der Waals surface area (Å²) in [5, 5.41) is 12.6. The van der Waals surface area contributed by atoms with Gasteiger partial charge in [-0.15, -0.1) is 17.5 Å². The Kier molecular flexibility index (Phi) is 5.85. The second-order valence-corrected chi connectivity index (χ2v) is 4.17. The summed E-state index contributed by atoms with van der Waals surface area (Å²) in [6.07, 6.45) is 3.46. The van der Waals surface area contributed by atoms with Crippen molar-refractivity contribution in [3.63, 3.8) is 0 Å². The van der Waals surface area contributed by atoms with Gasteiger partial charge in [0.1, 0.15) is 0 Å².